The number of hydrogen-bond acceptors (Lipinski definition) is 10. The van der Waals surface area contributed by atoms with E-state index in [9.17, 15) is 24.0 Å². The Morgan fingerprint density at radius 2 is 1.67 bits per heavy atom. The average molecular weight is 635 g/mol. The number of benzene rings is 2. The van der Waals surface area contributed by atoms with Gasteiger partial charge < -0.3 is 24.4 Å². The quantitative estimate of drug-likeness (QED) is 0.147. The molecule has 12 nitrogen and oxygen atoms in total. The van der Waals surface area contributed by atoms with E-state index in [0.29, 0.717) is 29.0 Å². The molecule has 3 aromatic rings. The van der Waals surface area contributed by atoms with Crippen molar-refractivity contribution in [3.05, 3.63) is 82.9 Å². The van der Waals surface area contributed by atoms with Gasteiger partial charge in [0.2, 0.25) is 0 Å². The second-order valence-electron chi connectivity index (χ2n) is 11.4. The summed E-state index contributed by atoms with van der Waals surface area (Å²) in [6, 6.07) is 12.6. The van der Waals surface area contributed by atoms with Gasteiger partial charge in [-0.2, -0.15) is 0 Å². The molecule has 1 atom stereocenters. The second-order valence-corrected chi connectivity index (χ2v) is 11.4. The molecule has 0 aliphatic rings. The van der Waals surface area contributed by atoms with Crippen LogP contribution in [0.25, 0.3) is 10.9 Å². The standard InChI is InChI=1S/C34H42N4O8/c1-7-20-37(21-28-35-26-13-11-10-12-25(26)31(41)38(28)22-46-33(43)34(4,5)6)24-16-14-23(15-17-24)30(40)36-27(32(42)45-9-3)18-19-29(39)44-8-2/h7,10-17,27H,1,8-9,18-22H2,2-6H3,(H,36,40)/t27-/m0/s1. The third-order valence-electron chi connectivity index (χ3n) is 6.87. The number of para-hydroxylation sites is 1. The van der Waals surface area contributed by atoms with E-state index in [1.165, 1.54) is 4.57 Å². The fourth-order valence-corrected chi connectivity index (χ4v) is 4.45. The maximum absolute atomic E-state index is 13.5. The Morgan fingerprint density at radius 3 is 2.30 bits per heavy atom. The second kappa shape index (κ2) is 16.4. The topological polar surface area (TPSA) is 146 Å². The summed E-state index contributed by atoms with van der Waals surface area (Å²) in [6.45, 7) is 12.9. The Morgan fingerprint density at radius 1 is 1.00 bits per heavy atom. The zero-order chi connectivity index (χ0) is 33.9. The van der Waals surface area contributed by atoms with Crippen LogP contribution in [0.3, 0.4) is 0 Å². The van der Waals surface area contributed by atoms with Crippen LogP contribution in [0.1, 0.15) is 63.6 Å². The first-order valence-corrected chi connectivity index (χ1v) is 15.1. The summed E-state index contributed by atoms with van der Waals surface area (Å²) in [7, 11) is 0. The third-order valence-corrected chi connectivity index (χ3v) is 6.87. The maximum Gasteiger partial charge on any atom is 0.328 e. The first kappa shape index (κ1) is 35.5. The Kier molecular flexibility index (Phi) is 12.6. The number of carbonyl (C=O) groups excluding carboxylic acids is 4. The van der Waals surface area contributed by atoms with E-state index in [1.807, 2.05) is 4.90 Å². The molecule has 12 heteroatoms. The minimum absolute atomic E-state index is 0.0279. The summed E-state index contributed by atoms with van der Waals surface area (Å²) in [5.41, 5.74) is 0.384. The van der Waals surface area contributed by atoms with E-state index in [1.54, 1.807) is 89.2 Å². The fourth-order valence-electron chi connectivity index (χ4n) is 4.45. The molecule has 1 heterocycles. The highest BCUT2D eigenvalue weighted by molar-refractivity contribution is 5.97. The van der Waals surface area contributed by atoms with E-state index in [2.05, 4.69) is 11.9 Å². The van der Waals surface area contributed by atoms with Crippen molar-refractivity contribution >= 4 is 40.4 Å². The number of nitrogens with one attached hydrogen (secondary N) is 1. The number of rotatable bonds is 15. The fraction of sp³-hybridized carbons (Fsp3) is 0.412. The number of amides is 1. The Balaban J connectivity index is 1.86. The van der Waals surface area contributed by atoms with E-state index >= 15 is 0 Å². The van der Waals surface area contributed by atoms with Crippen molar-refractivity contribution in [1.82, 2.24) is 14.9 Å². The van der Waals surface area contributed by atoms with Gasteiger partial charge in [0.25, 0.3) is 11.5 Å². The predicted molar refractivity (Wildman–Crippen MR) is 173 cm³/mol. The number of esters is 3. The molecule has 0 bridgehead atoms. The first-order valence-electron chi connectivity index (χ1n) is 15.1. The molecule has 0 aliphatic carbocycles. The van der Waals surface area contributed by atoms with Gasteiger partial charge in [-0.15, -0.1) is 6.58 Å². The lowest BCUT2D eigenvalue weighted by molar-refractivity contribution is -0.157. The maximum atomic E-state index is 13.5. The SMILES string of the molecule is C=CCN(Cc1nc2ccccc2c(=O)n1COC(=O)C(C)(C)C)c1ccc(C(=O)N[C@@H](CCC(=O)OCC)C(=O)OCC)cc1. The van der Waals surface area contributed by atoms with Gasteiger partial charge in [0, 0.05) is 24.2 Å². The number of ether oxygens (including phenoxy) is 3. The zero-order valence-corrected chi connectivity index (χ0v) is 27.0. The number of aromatic nitrogens is 2. The third kappa shape index (κ3) is 9.50. The summed E-state index contributed by atoms with van der Waals surface area (Å²) in [4.78, 5) is 70.0. The molecule has 46 heavy (non-hydrogen) atoms. The van der Waals surface area contributed by atoms with Crippen molar-refractivity contribution in [1.29, 1.82) is 0 Å². The van der Waals surface area contributed by atoms with Crippen LogP contribution >= 0.6 is 0 Å². The van der Waals surface area contributed by atoms with Crippen molar-refractivity contribution in [2.75, 3.05) is 24.7 Å². The number of nitrogens with zero attached hydrogens (tertiary/aromatic N) is 3. The van der Waals surface area contributed by atoms with E-state index in [0.717, 1.165) is 0 Å². The van der Waals surface area contributed by atoms with Crippen molar-refractivity contribution < 1.29 is 33.4 Å². The highest BCUT2D eigenvalue weighted by Crippen LogP contribution is 2.20. The molecule has 0 saturated carbocycles. The highest BCUT2D eigenvalue weighted by Gasteiger charge is 2.25. The monoisotopic (exact) mass is 634 g/mol. The van der Waals surface area contributed by atoms with Gasteiger partial charge in [0.1, 0.15) is 11.9 Å². The van der Waals surface area contributed by atoms with Gasteiger partial charge in [-0.25, -0.2) is 9.78 Å². The number of fused-ring (bicyclic) bond motifs is 1. The van der Waals surface area contributed by atoms with Crippen LogP contribution < -0.4 is 15.8 Å². The Bertz CT molecular complexity index is 1610. The van der Waals surface area contributed by atoms with Crippen molar-refractivity contribution in [3.8, 4) is 0 Å². The lowest BCUT2D eigenvalue weighted by Gasteiger charge is -2.25. The molecule has 0 saturated heterocycles. The minimum Gasteiger partial charge on any atom is -0.466 e. The van der Waals surface area contributed by atoms with Gasteiger partial charge in [0.05, 0.1) is 36.1 Å². The molecule has 0 unspecified atom stereocenters. The van der Waals surface area contributed by atoms with Crippen LogP contribution in [0.2, 0.25) is 0 Å². The van der Waals surface area contributed by atoms with Crippen LogP contribution in [0.4, 0.5) is 5.69 Å². The molecular weight excluding hydrogens is 592 g/mol. The smallest absolute Gasteiger partial charge is 0.328 e. The lowest BCUT2D eigenvalue weighted by atomic mass is 9.98. The van der Waals surface area contributed by atoms with Crippen LogP contribution in [-0.4, -0.2) is 59.2 Å². The molecule has 1 aromatic heterocycles. The molecule has 1 N–H and O–H groups in total. The van der Waals surface area contributed by atoms with E-state index in [-0.39, 0.29) is 50.5 Å². The molecule has 2 aromatic carbocycles. The van der Waals surface area contributed by atoms with Gasteiger partial charge in [-0.3, -0.25) is 23.7 Å². The first-order chi connectivity index (χ1) is 21.9. The molecule has 246 valence electrons. The Hall–Kier alpha value is -5.00. The molecule has 1 amide bonds. The average Bonchev–Trinajstić information content (AvgIpc) is 3.02. The van der Waals surface area contributed by atoms with Crippen molar-refractivity contribution in [3.63, 3.8) is 0 Å². The number of hydrogen-bond donors (Lipinski definition) is 1. The zero-order valence-electron chi connectivity index (χ0n) is 27.0. The minimum atomic E-state index is -1.03. The largest absolute Gasteiger partial charge is 0.466 e. The van der Waals surface area contributed by atoms with Gasteiger partial charge in [-0.05, 0) is 77.4 Å². The van der Waals surface area contributed by atoms with Gasteiger partial charge >= 0.3 is 17.9 Å². The van der Waals surface area contributed by atoms with E-state index < -0.39 is 35.3 Å². The summed E-state index contributed by atoms with van der Waals surface area (Å²) in [6.07, 6.45) is 1.66. The van der Waals surface area contributed by atoms with Crippen molar-refractivity contribution in [2.45, 2.75) is 66.8 Å². The highest BCUT2D eigenvalue weighted by atomic mass is 16.5. The van der Waals surface area contributed by atoms with E-state index in [4.69, 9.17) is 19.2 Å². The van der Waals surface area contributed by atoms with Crippen LogP contribution in [0.15, 0.2) is 66.0 Å². The summed E-state index contributed by atoms with van der Waals surface area (Å²) >= 11 is 0. The molecule has 0 aliphatic heterocycles. The molecule has 0 fully saturated rings. The molecule has 0 radical (unpaired) electrons. The summed E-state index contributed by atoms with van der Waals surface area (Å²) < 4.78 is 16.9. The molecular formula is C34H42N4O8. The Labute approximate surface area is 268 Å². The summed E-state index contributed by atoms with van der Waals surface area (Å²) in [5, 5.41) is 3.05. The number of anilines is 1. The summed E-state index contributed by atoms with van der Waals surface area (Å²) in [5.74, 6) is -1.73. The lowest BCUT2D eigenvalue weighted by Crippen LogP contribution is -2.42. The van der Waals surface area contributed by atoms with Crippen LogP contribution in [-0.2, 0) is 41.9 Å². The molecule has 3 rings (SSSR count). The van der Waals surface area contributed by atoms with Crippen LogP contribution in [0, 0.1) is 5.41 Å². The van der Waals surface area contributed by atoms with Crippen molar-refractivity contribution in [2.24, 2.45) is 5.41 Å². The van der Waals surface area contributed by atoms with Gasteiger partial charge in [0.15, 0.2) is 6.73 Å². The van der Waals surface area contributed by atoms with Crippen LogP contribution in [0.5, 0.6) is 0 Å². The number of carbonyl (C=O) groups is 4. The predicted octanol–water partition coefficient (Wildman–Crippen LogP) is 4.14. The van der Waals surface area contributed by atoms with Gasteiger partial charge in [-0.1, -0.05) is 18.2 Å². The normalized spacial score (nSPS) is 11.8. The molecule has 0 spiro atoms.